The van der Waals surface area contributed by atoms with Gasteiger partial charge in [-0.05, 0) is 29.0 Å². The number of hydrogen-bond acceptors (Lipinski definition) is 1. The van der Waals surface area contributed by atoms with Gasteiger partial charge in [0.15, 0.2) is 0 Å². The molecular weight excluding hydrogens is 252 g/mol. The summed E-state index contributed by atoms with van der Waals surface area (Å²) in [4.78, 5) is 10.4. The van der Waals surface area contributed by atoms with E-state index in [1.807, 2.05) is 0 Å². The van der Waals surface area contributed by atoms with Gasteiger partial charge in [0.25, 0.3) is 0 Å². The van der Waals surface area contributed by atoms with Crippen molar-refractivity contribution in [2.75, 3.05) is 0 Å². The molecule has 0 spiro atoms. The summed E-state index contributed by atoms with van der Waals surface area (Å²) in [6, 6.07) is 6.39. The number of halogens is 1. The zero-order chi connectivity index (χ0) is 11.4. The van der Waals surface area contributed by atoms with E-state index >= 15 is 0 Å². The summed E-state index contributed by atoms with van der Waals surface area (Å²) in [5.74, 6) is 0.829. The quantitative estimate of drug-likeness (QED) is 0.746. The molecule has 1 unspecified atom stereocenters. The highest BCUT2D eigenvalue weighted by Crippen LogP contribution is 2.29. The second kappa shape index (κ2) is 5.45. The second-order valence-electron chi connectivity index (χ2n) is 4.24. The van der Waals surface area contributed by atoms with Crippen molar-refractivity contribution in [2.45, 2.75) is 39.0 Å². The summed E-state index contributed by atoms with van der Waals surface area (Å²) in [6.07, 6.45) is 1.57. The number of rotatable bonds is 4. The van der Waals surface area contributed by atoms with Gasteiger partial charge in [0.05, 0.1) is 0 Å². The molecule has 0 aromatic heterocycles. The molecular formula is C13H17BrO. The third-order valence-electron chi connectivity index (χ3n) is 2.67. The van der Waals surface area contributed by atoms with E-state index in [0.717, 1.165) is 10.8 Å². The molecule has 82 valence electrons. The van der Waals surface area contributed by atoms with Gasteiger partial charge in [-0.15, -0.1) is 0 Å². The van der Waals surface area contributed by atoms with Crippen molar-refractivity contribution in [2.24, 2.45) is 0 Å². The first-order chi connectivity index (χ1) is 7.06. The van der Waals surface area contributed by atoms with Crippen LogP contribution in [0.5, 0.6) is 0 Å². The van der Waals surface area contributed by atoms with E-state index in [0.29, 0.717) is 18.3 Å². The minimum atomic E-state index is 0.306. The van der Waals surface area contributed by atoms with Gasteiger partial charge in [-0.1, -0.05) is 48.8 Å². The predicted molar refractivity (Wildman–Crippen MR) is 67.3 cm³/mol. The monoisotopic (exact) mass is 268 g/mol. The Kier molecular flexibility index (Phi) is 4.52. The van der Waals surface area contributed by atoms with Crippen molar-refractivity contribution < 1.29 is 4.79 Å². The maximum atomic E-state index is 10.4. The second-order valence-corrected chi connectivity index (χ2v) is 5.09. The van der Waals surface area contributed by atoms with Gasteiger partial charge in [0, 0.05) is 10.9 Å². The average Bonchev–Trinajstić information content (AvgIpc) is 2.17. The largest absolute Gasteiger partial charge is 0.303 e. The maximum absolute atomic E-state index is 10.4. The molecule has 0 aliphatic heterocycles. The Bertz CT molecular complexity index is 344. The van der Waals surface area contributed by atoms with E-state index in [2.05, 4.69) is 54.9 Å². The third-order valence-corrected chi connectivity index (χ3v) is 3.35. The van der Waals surface area contributed by atoms with Crippen molar-refractivity contribution in [1.82, 2.24) is 0 Å². The number of benzene rings is 1. The molecule has 1 nitrogen and oxygen atoms in total. The zero-order valence-corrected chi connectivity index (χ0v) is 11.0. The number of carbonyl (C=O) groups is 1. The Hall–Kier alpha value is -0.630. The summed E-state index contributed by atoms with van der Waals surface area (Å²) < 4.78 is 1.15. The first-order valence-electron chi connectivity index (χ1n) is 5.29. The van der Waals surface area contributed by atoms with Crippen molar-refractivity contribution in [3.8, 4) is 0 Å². The minimum absolute atomic E-state index is 0.306. The number of carbonyl (C=O) groups excluding carboxylic acids is 1. The highest BCUT2D eigenvalue weighted by Gasteiger charge is 2.09. The first-order valence-corrected chi connectivity index (χ1v) is 6.08. The molecule has 0 aliphatic rings. The van der Waals surface area contributed by atoms with Crippen molar-refractivity contribution in [3.63, 3.8) is 0 Å². The van der Waals surface area contributed by atoms with Crippen LogP contribution in [0.15, 0.2) is 22.7 Å². The van der Waals surface area contributed by atoms with E-state index in [-0.39, 0.29) is 0 Å². The van der Waals surface area contributed by atoms with Crippen molar-refractivity contribution in [1.29, 1.82) is 0 Å². The normalized spacial score (nSPS) is 12.9. The molecule has 0 heterocycles. The molecule has 0 bridgehead atoms. The minimum Gasteiger partial charge on any atom is -0.303 e. The lowest BCUT2D eigenvalue weighted by molar-refractivity contribution is -0.108. The predicted octanol–water partition coefficient (Wildman–Crippen LogP) is 4.27. The molecule has 0 fully saturated rings. The van der Waals surface area contributed by atoms with Crippen LogP contribution in [0.3, 0.4) is 0 Å². The Balaban J connectivity index is 2.95. The van der Waals surface area contributed by atoms with Crippen molar-refractivity contribution >= 4 is 22.2 Å². The van der Waals surface area contributed by atoms with Crippen LogP contribution in [0, 0.1) is 0 Å². The van der Waals surface area contributed by atoms with Crippen LogP contribution in [-0.4, -0.2) is 6.29 Å². The summed E-state index contributed by atoms with van der Waals surface area (Å²) in [5, 5.41) is 0. The van der Waals surface area contributed by atoms with E-state index in [4.69, 9.17) is 0 Å². The molecule has 15 heavy (non-hydrogen) atoms. The van der Waals surface area contributed by atoms with Crippen molar-refractivity contribution in [3.05, 3.63) is 33.8 Å². The molecule has 0 saturated heterocycles. The van der Waals surface area contributed by atoms with Crippen LogP contribution in [0.1, 0.15) is 50.2 Å². The Labute approximate surface area is 100 Å². The van der Waals surface area contributed by atoms with E-state index < -0.39 is 0 Å². The van der Waals surface area contributed by atoms with Crippen LogP contribution >= 0.6 is 15.9 Å². The van der Waals surface area contributed by atoms with Crippen LogP contribution in [0.25, 0.3) is 0 Å². The third kappa shape index (κ3) is 3.16. The lowest BCUT2D eigenvalue weighted by Gasteiger charge is -2.13. The molecule has 2 heteroatoms. The fourth-order valence-corrected chi connectivity index (χ4v) is 2.45. The zero-order valence-electron chi connectivity index (χ0n) is 9.46. The van der Waals surface area contributed by atoms with Gasteiger partial charge in [-0.25, -0.2) is 0 Å². The average molecular weight is 269 g/mol. The number of hydrogen-bond donors (Lipinski definition) is 0. The summed E-state index contributed by atoms with van der Waals surface area (Å²) in [7, 11) is 0. The molecule has 1 atom stereocenters. The fourth-order valence-electron chi connectivity index (χ4n) is 1.60. The van der Waals surface area contributed by atoms with Gasteiger partial charge >= 0.3 is 0 Å². The summed E-state index contributed by atoms with van der Waals surface area (Å²) in [6.45, 7) is 6.43. The van der Waals surface area contributed by atoms with Gasteiger partial charge in [0.2, 0.25) is 0 Å². The smallest absolute Gasteiger partial charge is 0.120 e. The molecule has 0 radical (unpaired) electrons. The highest BCUT2D eigenvalue weighted by atomic mass is 79.9. The van der Waals surface area contributed by atoms with Crippen LogP contribution in [0.4, 0.5) is 0 Å². The molecule has 1 aromatic rings. The van der Waals surface area contributed by atoms with Gasteiger partial charge in [-0.2, -0.15) is 0 Å². The van der Waals surface area contributed by atoms with Gasteiger partial charge < -0.3 is 4.79 Å². The fraction of sp³-hybridized carbons (Fsp3) is 0.462. The molecule has 0 saturated carbocycles. The molecule has 0 N–H and O–H groups in total. The molecule has 0 amide bonds. The number of aldehydes is 1. The Morgan fingerprint density at radius 2 is 2.00 bits per heavy atom. The topological polar surface area (TPSA) is 17.1 Å². The van der Waals surface area contributed by atoms with Crippen LogP contribution in [-0.2, 0) is 4.79 Å². The Morgan fingerprint density at radius 1 is 1.33 bits per heavy atom. The summed E-state index contributed by atoms with van der Waals surface area (Å²) in [5.41, 5.74) is 2.54. The first kappa shape index (κ1) is 12.4. The van der Waals surface area contributed by atoms with Gasteiger partial charge in [0.1, 0.15) is 6.29 Å². The Morgan fingerprint density at radius 3 is 2.47 bits per heavy atom. The molecule has 1 rings (SSSR count). The van der Waals surface area contributed by atoms with Gasteiger partial charge in [-0.3, -0.25) is 0 Å². The highest BCUT2D eigenvalue weighted by molar-refractivity contribution is 9.10. The van der Waals surface area contributed by atoms with Crippen LogP contribution in [0.2, 0.25) is 0 Å². The van der Waals surface area contributed by atoms with Crippen LogP contribution < -0.4 is 0 Å². The standard InChI is InChI=1S/C13H17BrO/c1-9(2)12-5-4-11(8-13(12)14)10(3)6-7-15/h4-5,7-10H,6H2,1-3H3. The lowest BCUT2D eigenvalue weighted by Crippen LogP contribution is -1.96. The van der Waals surface area contributed by atoms with E-state index in [9.17, 15) is 4.79 Å². The lowest BCUT2D eigenvalue weighted by atomic mass is 9.95. The maximum Gasteiger partial charge on any atom is 0.120 e. The van der Waals surface area contributed by atoms with E-state index in [1.54, 1.807) is 0 Å². The SMILES string of the molecule is CC(C)c1ccc(C(C)CC=O)cc1Br. The molecule has 1 aromatic carbocycles. The molecule has 0 aliphatic carbocycles. The van der Waals surface area contributed by atoms with E-state index in [1.165, 1.54) is 11.1 Å². The summed E-state index contributed by atoms with van der Waals surface area (Å²) >= 11 is 3.58.